The summed E-state index contributed by atoms with van der Waals surface area (Å²) < 4.78 is 14.6. The van der Waals surface area contributed by atoms with E-state index in [-0.39, 0.29) is 16.9 Å². The lowest BCUT2D eigenvalue weighted by atomic mass is 9.79. The van der Waals surface area contributed by atoms with Gasteiger partial charge in [-0.05, 0) is 66.0 Å². The first-order valence-electron chi connectivity index (χ1n) is 10.4. The van der Waals surface area contributed by atoms with Gasteiger partial charge in [0.25, 0.3) is 0 Å². The van der Waals surface area contributed by atoms with Gasteiger partial charge in [-0.1, -0.05) is 69.2 Å². The molecule has 0 aliphatic carbocycles. The van der Waals surface area contributed by atoms with E-state index in [9.17, 15) is 9.65 Å². The smallest absolute Gasteiger partial charge is 0.145 e. The van der Waals surface area contributed by atoms with E-state index in [1.54, 1.807) is 24.4 Å². The fourth-order valence-electron chi connectivity index (χ4n) is 3.32. The van der Waals surface area contributed by atoms with E-state index < -0.39 is 5.82 Å². The molecule has 0 radical (unpaired) electrons. The van der Waals surface area contributed by atoms with Crippen molar-refractivity contribution in [1.29, 1.82) is 5.26 Å². The molecule has 0 heterocycles. The summed E-state index contributed by atoms with van der Waals surface area (Å²) in [7, 11) is 0. The van der Waals surface area contributed by atoms with Gasteiger partial charge in [0.05, 0.1) is 11.1 Å². The highest BCUT2D eigenvalue weighted by Crippen LogP contribution is 2.34. The molecule has 0 aliphatic rings. The molecule has 1 aromatic carbocycles. The van der Waals surface area contributed by atoms with Gasteiger partial charge < -0.3 is 5.32 Å². The molecule has 0 spiro atoms. The monoisotopic (exact) mass is 438 g/mol. The van der Waals surface area contributed by atoms with E-state index in [1.165, 1.54) is 0 Å². The largest absolute Gasteiger partial charge is 0.322 e. The molecule has 1 rings (SSSR count). The molecule has 0 aliphatic heterocycles. The maximum Gasteiger partial charge on any atom is 0.145 e. The summed E-state index contributed by atoms with van der Waals surface area (Å²) in [6, 6.07) is 9.75. The first-order valence-corrected chi connectivity index (χ1v) is 10.8. The molecule has 1 unspecified atom stereocenters. The fourth-order valence-corrected chi connectivity index (χ4v) is 3.51. The third-order valence-electron chi connectivity index (χ3n) is 5.53. The number of rotatable bonds is 10. The molecule has 4 heteroatoms. The number of nitriles is 1. The molecular formula is C27H32ClFN2. The van der Waals surface area contributed by atoms with Crippen molar-refractivity contribution in [3.63, 3.8) is 0 Å². The Hall–Kier alpha value is -2.75. The number of hydrogen-bond donors (Lipinski definition) is 1. The molecule has 2 nitrogen and oxygen atoms in total. The van der Waals surface area contributed by atoms with Gasteiger partial charge in [-0.25, -0.2) is 4.39 Å². The van der Waals surface area contributed by atoms with Gasteiger partial charge >= 0.3 is 0 Å². The second kappa shape index (κ2) is 12.8. The summed E-state index contributed by atoms with van der Waals surface area (Å²) in [5.41, 5.74) is 5.35. The SMILES string of the molecule is C#CN/C=C(/C)C(=C)/C(=C/C(Cc1cccc(Cl)c1F)=C(\C)CC)C(CC#N)C(C)C. The zero-order valence-corrected chi connectivity index (χ0v) is 19.9. The second-order valence-corrected chi connectivity index (χ2v) is 8.36. The van der Waals surface area contributed by atoms with Crippen LogP contribution in [-0.2, 0) is 6.42 Å². The minimum atomic E-state index is -0.397. The van der Waals surface area contributed by atoms with Crippen LogP contribution in [0.4, 0.5) is 4.39 Å². The molecular weight excluding hydrogens is 407 g/mol. The second-order valence-electron chi connectivity index (χ2n) is 7.96. The molecule has 0 aromatic heterocycles. The Bertz CT molecular complexity index is 968. The highest BCUT2D eigenvalue weighted by atomic mass is 35.5. The van der Waals surface area contributed by atoms with Crippen LogP contribution >= 0.6 is 11.6 Å². The molecule has 0 saturated carbocycles. The van der Waals surface area contributed by atoms with Gasteiger partial charge in [-0.3, -0.25) is 0 Å². The van der Waals surface area contributed by atoms with Gasteiger partial charge in [0.15, 0.2) is 0 Å². The first-order chi connectivity index (χ1) is 14.7. The van der Waals surface area contributed by atoms with Gasteiger partial charge in [0.1, 0.15) is 5.82 Å². The minimum absolute atomic E-state index is 0.0180. The number of halogens is 2. The van der Waals surface area contributed by atoms with E-state index in [0.717, 1.165) is 34.3 Å². The van der Waals surface area contributed by atoms with Gasteiger partial charge in [0, 0.05) is 25.1 Å². The van der Waals surface area contributed by atoms with E-state index >= 15 is 0 Å². The number of allylic oxidation sites excluding steroid dienone is 6. The van der Waals surface area contributed by atoms with Crippen molar-refractivity contribution in [3.05, 3.63) is 81.3 Å². The Labute approximate surface area is 192 Å². The van der Waals surface area contributed by atoms with Gasteiger partial charge in [-0.15, -0.1) is 0 Å². The van der Waals surface area contributed by atoms with E-state index in [2.05, 4.69) is 50.9 Å². The minimum Gasteiger partial charge on any atom is -0.322 e. The van der Waals surface area contributed by atoms with Crippen LogP contribution in [0.3, 0.4) is 0 Å². The lowest BCUT2D eigenvalue weighted by Crippen LogP contribution is -2.15. The van der Waals surface area contributed by atoms with Crippen molar-refractivity contribution >= 4 is 11.6 Å². The van der Waals surface area contributed by atoms with Crippen LogP contribution in [0.15, 0.2) is 64.9 Å². The first kappa shape index (κ1) is 26.3. The Morgan fingerprint density at radius 2 is 2.03 bits per heavy atom. The Balaban J connectivity index is 3.64. The summed E-state index contributed by atoms with van der Waals surface area (Å²) in [5.74, 6) is -0.191. The number of hydrogen-bond acceptors (Lipinski definition) is 2. The maximum absolute atomic E-state index is 14.6. The van der Waals surface area contributed by atoms with Crippen LogP contribution in [-0.4, -0.2) is 0 Å². The molecule has 1 atom stereocenters. The standard InChI is InChI=1S/C27H32ClFN2/c1-8-19(5)23(15-22-11-10-12-26(28)27(22)29)16-25(24(13-14-30)18(3)4)21(7)20(6)17-31-9-2/h2,10-12,16-18,24,31H,7-8,13,15H2,1,3-6H3/b20-17-,23-19+,25-16-. The average Bonchev–Trinajstić information content (AvgIpc) is 2.75. The van der Waals surface area contributed by atoms with E-state index in [4.69, 9.17) is 18.0 Å². The third kappa shape index (κ3) is 7.46. The third-order valence-corrected chi connectivity index (χ3v) is 5.82. The maximum atomic E-state index is 14.6. The Morgan fingerprint density at radius 3 is 2.58 bits per heavy atom. The topological polar surface area (TPSA) is 35.8 Å². The summed E-state index contributed by atoms with van der Waals surface area (Å²) in [4.78, 5) is 0. The molecule has 1 aromatic rings. The number of benzene rings is 1. The van der Waals surface area contributed by atoms with Gasteiger partial charge in [-0.2, -0.15) is 5.26 Å². The van der Waals surface area contributed by atoms with Crippen LogP contribution in [0.25, 0.3) is 0 Å². The van der Waals surface area contributed by atoms with Crippen molar-refractivity contribution in [2.24, 2.45) is 11.8 Å². The van der Waals surface area contributed by atoms with Gasteiger partial charge in [0.2, 0.25) is 0 Å². The van der Waals surface area contributed by atoms with E-state index in [0.29, 0.717) is 18.4 Å². The highest BCUT2D eigenvalue weighted by Gasteiger charge is 2.22. The molecule has 0 fully saturated rings. The van der Waals surface area contributed by atoms with Crippen molar-refractivity contribution in [2.45, 2.75) is 53.9 Å². The quantitative estimate of drug-likeness (QED) is 0.233. The zero-order chi connectivity index (χ0) is 23.6. The van der Waals surface area contributed by atoms with Crippen LogP contribution in [0.2, 0.25) is 5.02 Å². The number of nitrogens with one attached hydrogen (secondary N) is 1. The normalized spacial score (nSPS) is 13.9. The molecule has 164 valence electrons. The predicted octanol–water partition coefficient (Wildman–Crippen LogP) is 7.50. The summed E-state index contributed by atoms with van der Waals surface area (Å²) in [6.07, 6.45) is 10.7. The highest BCUT2D eigenvalue weighted by molar-refractivity contribution is 6.30. The molecule has 0 amide bonds. The molecule has 31 heavy (non-hydrogen) atoms. The van der Waals surface area contributed by atoms with Crippen LogP contribution < -0.4 is 5.32 Å². The van der Waals surface area contributed by atoms with Crippen molar-refractivity contribution in [1.82, 2.24) is 5.32 Å². The summed E-state index contributed by atoms with van der Waals surface area (Å²) >= 11 is 6.00. The van der Waals surface area contributed by atoms with Crippen molar-refractivity contribution in [3.8, 4) is 18.5 Å². The molecule has 1 N–H and O–H groups in total. The average molecular weight is 439 g/mol. The zero-order valence-electron chi connectivity index (χ0n) is 19.2. The Morgan fingerprint density at radius 1 is 1.35 bits per heavy atom. The fraction of sp³-hybridized carbons (Fsp3) is 0.370. The lowest BCUT2D eigenvalue weighted by Gasteiger charge is -2.25. The lowest BCUT2D eigenvalue weighted by molar-refractivity contribution is 0.455. The number of terminal acetylenes is 1. The van der Waals surface area contributed by atoms with E-state index in [1.807, 2.05) is 13.8 Å². The van der Waals surface area contributed by atoms with Crippen LogP contribution in [0.5, 0.6) is 0 Å². The van der Waals surface area contributed by atoms with Crippen molar-refractivity contribution in [2.75, 3.05) is 0 Å². The summed E-state index contributed by atoms with van der Waals surface area (Å²) in [5, 5.41) is 12.3. The summed E-state index contributed by atoms with van der Waals surface area (Å²) in [6.45, 7) is 14.5. The Kier molecular flexibility index (Phi) is 10.9. The number of nitrogens with zero attached hydrogens (tertiary/aromatic N) is 1. The molecule has 0 bridgehead atoms. The van der Waals surface area contributed by atoms with Crippen LogP contribution in [0, 0.1) is 41.5 Å². The van der Waals surface area contributed by atoms with Crippen molar-refractivity contribution < 1.29 is 4.39 Å². The molecule has 0 saturated heterocycles. The predicted molar refractivity (Wildman–Crippen MR) is 130 cm³/mol. The van der Waals surface area contributed by atoms with Crippen LogP contribution in [0.1, 0.15) is 53.0 Å².